The Morgan fingerprint density at radius 1 is 1.34 bits per heavy atom. The highest BCUT2D eigenvalue weighted by atomic mass is 19.1. The molecule has 0 amide bonds. The minimum absolute atomic E-state index is 0.0242. The molecular weight excluding hydrogens is 422 g/mol. The van der Waals surface area contributed by atoms with Crippen LogP contribution in [0.4, 0.5) is 8.78 Å². The molecule has 178 valence electrons. The number of halogens is 2. The summed E-state index contributed by atoms with van der Waals surface area (Å²) in [7, 11) is 0. The lowest BCUT2D eigenvalue weighted by Crippen LogP contribution is -2.27. The lowest BCUT2D eigenvalue weighted by Gasteiger charge is -2.23. The van der Waals surface area contributed by atoms with Crippen molar-refractivity contribution in [2.75, 3.05) is 13.2 Å². The largest absolute Gasteiger partial charge is 0.487 e. The zero-order valence-electron chi connectivity index (χ0n) is 18.2. The Morgan fingerprint density at radius 3 is 2.84 bits per heavy atom. The van der Waals surface area contributed by atoms with Crippen molar-refractivity contribution >= 4 is 5.97 Å². The van der Waals surface area contributed by atoms with Crippen LogP contribution >= 0.6 is 0 Å². The monoisotopic (exact) mass is 454 g/mol. The van der Waals surface area contributed by atoms with Gasteiger partial charge in [0.1, 0.15) is 18.5 Å². The van der Waals surface area contributed by atoms with Crippen LogP contribution in [-0.4, -0.2) is 52.8 Å². The van der Waals surface area contributed by atoms with Crippen LogP contribution in [0, 0.1) is 35.3 Å². The van der Waals surface area contributed by atoms with Crippen molar-refractivity contribution in [2.24, 2.45) is 23.7 Å². The first-order valence-corrected chi connectivity index (χ1v) is 11.3. The second-order valence-corrected chi connectivity index (χ2v) is 8.82. The van der Waals surface area contributed by atoms with Gasteiger partial charge in [0.05, 0.1) is 24.7 Å². The predicted molar refractivity (Wildman–Crippen MR) is 113 cm³/mol. The van der Waals surface area contributed by atoms with Gasteiger partial charge < -0.3 is 24.8 Å². The maximum absolute atomic E-state index is 13.6. The standard InChI is InChI=1S/C24H32F2O6/c1-2-3-17(24(29)30)14-4-7-19-18(21(28)11-22(19)31-12-14)8-6-16(27)13-32-23-10-15(25)5-9-20(23)26/h5-6,8-10,14,16-19,21-22,27-28H,2-4,7,11-13H2,1H3,(H,29,30)/t14-,16+,17?,18+,19+,21+,22-/m0/s1. The number of carboxylic acid groups (broad SMARTS) is 1. The van der Waals surface area contributed by atoms with Crippen LogP contribution in [0.2, 0.25) is 0 Å². The second kappa shape index (κ2) is 11.2. The van der Waals surface area contributed by atoms with Crippen LogP contribution in [-0.2, 0) is 9.53 Å². The molecule has 0 spiro atoms. The van der Waals surface area contributed by atoms with Crippen molar-refractivity contribution in [3.63, 3.8) is 0 Å². The molecule has 0 aromatic heterocycles. The fraction of sp³-hybridized carbons (Fsp3) is 0.625. The third-order valence-electron chi connectivity index (χ3n) is 6.63. The van der Waals surface area contributed by atoms with Gasteiger partial charge in [0.2, 0.25) is 0 Å². The zero-order valence-corrected chi connectivity index (χ0v) is 18.2. The quantitative estimate of drug-likeness (QED) is 0.494. The number of aliphatic hydroxyl groups is 2. The molecule has 1 aliphatic carbocycles. The Hall–Kier alpha value is -2.03. The highest BCUT2D eigenvalue weighted by Crippen LogP contribution is 2.42. The molecule has 32 heavy (non-hydrogen) atoms. The predicted octanol–water partition coefficient (Wildman–Crippen LogP) is 3.55. The van der Waals surface area contributed by atoms with Gasteiger partial charge >= 0.3 is 5.97 Å². The molecule has 1 saturated heterocycles. The summed E-state index contributed by atoms with van der Waals surface area (Å²) >= 11 is 0. The number of hydrogen-bond acceptors (Lipinski definition) is 5. The van der Waals surface area contributed by atoms with Crippen LogP contribution in [0.3, 0.4) is 0 Å². The van der Waals surface area contributed by atoms with E-state index in [1.165, 1.54) is 6.08 Å². The summed E-state index contributed by atoms with van der Waals surface area (Å²) < 4.78 is 38.1. The first-order valence-electron chi connectivity index (χ1n) is 11.3. The smallest absolute Gasteiger partial charge is 0.306 e. The van der Waals surface area contributed by atoms with E-state index in [2.05, 4.69) is 0 Å². The molecule has 1 saturated carbocycles. The van der Waals surface area contributed by atoms with E-state index in [0.29, 0.717) is 25.9 Å². The number of benzene rings is 1. The summed E-state index contributed by atoms with van der Waals surface area (Å²) in [6, 6.07) is 2.85. The van der Waals surface area contributed by atoms with Crippen LogP contribution in [0.5, 0.6) is 5.75 Å². The van der Waals surface area contributed by atoms with Crippen molar-refractivity contribution in [2.45, 2.75) is 57.3 Å². The molecule has 8 heteroatoms. The third-order valence-corrected chi connectivity index (χ3v) is 6.63. The highest BCUT2D eigenvalue weighted by molar-refractivity contribution is 5.70. The maximum atomic E-state index is 13.6. The number of aliphatic carboxylic acids is 1. The van der Waals surface area contributed by atoms with Crippen LogP contribution in [0.15, 0.2) is 30.4 Å². The van der Waals surface area contributed by atoms with E-state index in [-0.39, 0.29) is 36.2 Å². The van der Waals surface area contributed by atoms with Gasteiger partial charge in [0.25, 0.3) is 0 Å². The Morgan fingerprint density at radius 2 is 2.12 bits per heavy atom. The zero-order chi connectivity index (χ0) is 23.3. The molecule has 1 aromatic carbocycles. The van der Waals surface area contributed by atoms with Gasteiger partial charge in [-0.15, -0.1) is 0 Å². The normalized spacial score (nSPS) is 30.0. The second-order valence-electron chi connectivity index (χ2n) is 8.82. The first kappa shape index (κ1) is 24.6. The van der Waals surface area contributed by atoms with Gasteiger partial charge in [0, 0.05) is 18.4 Å². The van der Waals surface area contributed by atoms with Crippen molar-refractivity contribution in [1.82, 2.24) is 0 Å². The number of hydrogen-bond donors (Lipinski definition) is 3. The van der Waals surface area contributed by atoms with E-state index in [9.17, 15) is 28.9 Å². The van der Waals surface area contributed by atoms with E-state index in [1.807, 2.05) is 6.92 Å². The minimum atomic E-state index is -1.07. The number of fused-ring (bicyclic) bond motifs is 1. The molecular formula is C24H32F2O6. The topological polar surface area (TPSA) is 96.2 Å². The Kier molecular flexibility index (Phi) is 8.62. The van der Waals surface area contributed by atoms with Crippen molar-refractivity contribution < 1.29 is 38.4 Å². The van der Waals surface area contributed by atoms with Gasteiger partial charge in [-0.25, -0.2) is 8.78 Å². The Bertz CT molecular complexity index is 801. The summed E-state index contributed by atoms with van der Waals surface area (Å²) in [4.78, 5) is 11.7. The van der Waals surface area contributed by atoms with Gasteiger partial charge in [-0.2, -0.15) is 0 Å². The first-order chi connectivity index (χ1) is 15.3. The summed E-state index contributed by atoms with van der Waals surface area (Å²) in [5.74, 6) is -3.12. The SMILES string of the molecule is CCCC(C(=O)O)[C@H]1CC[C@@H]2[C@@H](C=C[C@@H](O)COc3cc(F)ccc3F)[C@H](O)C[C@@H]2OC1. The van der Waals surface area contributed by atoms with Gasteiger partial charge in [-0.1, -0.05) is 25.5 Å². The molecule has 0 bridgehead atoms. The van der Waals surface area contributed by atoms with E-state index in [0.717, 1.165) is 31.0 Å². The summed E-state index contributed by atoms with van der Waals surface area (Å²) in [6.07, 6.45) is 4.68. The van der Waals surface area contributed by atoms with Crippen molar-refractivity contribution in [3.8, 4) is 5.75 Å². The maximum Gasteiger partial charge on any atom is 0.306 e. The van der Waals surface area contributed by atoms with E-state index in [4.69, 9.17) is 9.47 Å². The van der Waals surface area contributed by atoms with Crippen LogP contribution < -0.4 is 4.74 Å². The Balaban J connectivity index is 1.58. The number of carboxylic acids is 1. The number of carbonyl (C=O) groups is 1. The van der Waals surface area contributed by atoms with Gasteiger partial charge in [0.15, 0.2) is 11.6 Å². The molecule has 7 atom stereocenters. The van der Waals surface area contributed by atoms with E-state index < -0.39 is 35.7 Å². The third kappa shape index (κ3) is 6.05. The van der Waals surface area contributed by atoms with Crippen LogP contribution in [0.25, 0.3) is 0 Å². The molecule has 3 N–H and O–H groups in total. The Labute approximate surface area is 186 Å². The molecule has 3 rings (SSSR count). The van der Waals surface area contributed by atoms with E-state index >= 15 is 0 Å². The molecule has 0 radical (unpaired) electrons. The van der Waals surface area contributed by atoms with Gasteiger partial charge in [-0.3, -0.25) is 4.79 Å². The summed E-state index contributed by atoms with van der Waals surface area (Å²) in [5.41, 5.74) is 0. The molecule has 2 fully saturated rings. The highest BCUT2D eigenvalue weighted by Gasteiger charge is 2.44. The molecule has 1 unspecified atom stereocenters. The summed E-state index contributed by atoms with van der Waals surface area (Å²) in [5, 5.41) is 30.3. The van der Waals surface area contributed by atoms with E-state index in [1.54, 1.807) is 6.08 Å². The molecule has 6 nitrogen and oxygen atoms in total. The number of ether oxygens (including phenoxy) is 2. The number of rotatable bonds is 9. The molecule has 1 heterocycles. The fourth-order valence-corrected chi connectivity index (χ4v) is 4.95. The molecule has 1 aliphatic heterocycles. The van der Waals surface area contributed by atoms with Gasteiger partial charge in [-0.05, 0) is 43.2 Å². The summed E-state index contributed by atoms with van der Waals surface area (Å²) in [6.45, 7) is 2.08. The fourth-order valence-electron chi connectivity index (χ4n) is 4.95. The molecule has 2 aliphatic rings. The number of aliphatic hydroxyl groups excluding tert-OH is 2. The minimum Gasteiger partial charge on any atom is -0.487 e. The average molecular weight is 455 g/mol. The lowest BCUT2D eigenvalue weighted by molar-refractivity contribution is -0.145. The van der Waals surface area contributed by atoms with Crippen LogP contribution in [0.1, 0.15) is 39.0 Å². The lowest BCUT2D eigenvalue weighted by atomic mass is 9.82. The average Bonchev–Trinajstić information content (AvgIpc) is 2.91. The van der Waals surface area contributed by atoms with Crippen molar-refractivity contribution in [3.05, 3.63) is 42.0 Å². The molecule has 1 aromatic rings. The van der Waals surface area contributed by atoms with Crippen molar-refractivity contribution in [1.29, 1.82) is 0 Å².